The van der Waals surface area contributed by atoms with Gasteiger partial charge in [0.15, 0.2) is 6.61 Å². The SMILES string of the molecule is CC1[C@H](N)C(=O)N1OCC(=O)O.O=C(O)C(F)(F)F. The van der Waals surface area contributed by atoms with Gasteiger partial charge in [-0.25, -0.2) is 14.7 Å². The third-order valence-electron chi connectivity index (χ3n) is 1.96. The van der Waals surface area contributed by atoms with Crippen molar-refractivity contribution < 1.29 is 42.6 Å². The lowest BCUT2D eigenvalue weighted by Gasteiger charge is -2.41. The van der Waals surface area contributed by atoms with Crippen LogP contribution in [0.3, 0.4) is 0 Å². The molecule has 0 aromatic rings. The molecule has 0 aromatic heterocycles. The van der Waals surface area contributed by atoms with Gasteiger partial charge >= 0.3 is 18.1 Å². The highest BCUT2D eigenvalue weighted by Gasteiger charge is 2.43. The summed E-state index contributed by atoms with van der Waals surface area (Å²) in [4.78, 5) is 34.4. The zero-order chi connectivity index (χ0) is 15.4. The van der Waals surface area contributed by atoms with E-state index in [1.165, 1.54) is 0 Å². The second kappa shape index (κ2) is 6.33. The van der Waals surface area contributed by atoms with Crippen LogP contribution < -0.4 is 5.73 Å². The Labute approximate surface area is 104 Å². The van der Waals surface area contributed by atoms with Gasteiger partial charge in [0.2, 0.25) is 0 Å². The lowest BCUT2D eigenvalue weighted by Crippen LogP contribution is -2.67. The van der Waals surface area contributed by atoms with Gasteiger partial charge in [0.05, 0.1) is 6.04 Å². The smallest absolute Gasteiger partial charge is 0.479 e. The second-order valence-corrected chi connectivity index (χ2v) is 3.40. The first-order valence-corrected chi connectivity index (χ1v) is 4.72. The van der Waals surface area contributed by atoms with Crippen molar-refractivity contribution >= 4 is 17.8 Å². The Morgan fingerprint density at radius 1 is 1.42 bits per heavy atom. The molecule has 0 radical (unpaired) electrons. The maximum atomic E-state index is 10.9. The Balaban J connectivity index is 0.000000399. The fraction of sp³-hybridized carbons (Fsp3) is 0.625. The topological polar surface area (TPSA) is 130 Å². The number of amides is 1. The molecule has 1 fully saturated rings. The third-order valence-corrected chi connectivity index (χ3v) is 1.96. The standard InChI is InChI=1S/C6H10N2O4.C2HF3O2/c1-3-5(7)6(11)8(3)12-2-4(9)10;3-2(4,5)1(6)7/h3,5H,2,7H2,1H3,(H,9,10);(H,6,7)/t3?,5-;/m0./s1. The Morgan fingerprint density at radius 2 is 1.84 bits per heavy atom. The van der Waals surface area contributed by atoms with Gasteiger partial charge in [0, 0.05) is 0 Å². The molecule has 19 heavy (non-hydrogen) atoms. The Morgan fingerprint density at radius 3 is 2.11 bits per heavy atom. The molecule has 1 unspecified atom stereocenters. The van der Waals surface area contributed by atoms with Crippen molar-refractivity contribution in [3.05, 3.63) is 0 Å². The first kappa shape index (κ1) is 17.1. The number of aliphatic carboxylic acids is 2. The molecule has 0 bridgehead atoms. The van der Waals surface area contributed by atoms with Crippen molar-refractivity contribution in [1.82, 2.24) is 5.06 Å². The molecule has 1 saturated heterocycles. The maximum Gasteiger partial charge on any atom is 0.490 e. The van der Waals surface area contributed by atoms with Crippen LogP contribution in [0.4, 0.5) is 13.2 Å². The summed E-state index contributed by atoms with van der Waals surface area (Å²) in [5.41, 5.74) is 5.34. The number of carbonyl (C=O) groups is 3. The van der Waals surface area contributed by atoms with E-state index in [-0.39, 0.29) is 11.9 Å². The highest BCUT2D eigenvalue weighted by molar-refractivity contribution is 5.88. The molecule has 1 heterocycles. The zero-order valence-electron chi connectivity index (χ0n) is 9.55. The number of halogens is 3. The van der Waals surface area contributed by atoms with Crippen molar-refractivity contribution in [2.45, 2.75) is 25.2 Å². The lowest BCUT2D eigenvalue weighted by molar-refractivity contribution is -0.230. The number of carboxylic acids is 2. The van der Waals surface area contributed by atoms with Crippen LogP contribution in [0.2, 0.25) is 0 Å². The van der Waals surface area contributed by atoms with Crippen molar-refractivity contribution in [2.75, 3.05) is 6.61 Å². The molecule has 1 aliphatic rings. The molecular weight excluding hydrogens is 277 g/mol. The van der Waals surface area contributed by atoms with Crippen LogP contribution in [0, 0.1) is 0 Å². The number of β-lactam (4-membered cyclic amide) rings is 1. The third kappa shape index (κ3) is 5.09. The highest BCUT2D eigenvalue weighted by Crippen LogP contribution is 2.17. The number of alkyl halides is 3. The van der Waals surface area contributed by atoms with E-state index in [2.05, 4.69) is 4.84 Å². The second-order valence-electron chi connectivity index (χ2n) is 3.40. The number of carboxylic acid groups (broad SMARTS) is 2. The van der Waals surface area contributed by atoms with Crippen molar-refractivity contribution in [2.24, 2.45) is 5.73 Å². The van der Waals surface area contributed by atoms with Crippen LogP contribution in [0.25, 0.3) is 0 Å². The molecule has 8 nitrogen and oxygen atoms in total. The van der Waals surface area contributed by atoms with E-state index in [1.54, 1.807) is 6.92 Å². The monoisotopic (exact) mass is 288 g/mol. The first-order chi connectivity index (χ1) is 8.48. The minimum atomic E-state index is -5.08. The molecule has 110 valence electrons. The normalized spacial score (nSPS) is 22.2. The van der Waals surface area contributed by atoms with E-state index >= 15 is 0 Å². The van der Waals surface area contributed by atoms with Crippen molar-refractivity contribution in [3.8, 4) is 0 Å². The number of nitrogens with two attached hydrogens (primary N) is 1. The van der Waals surface area contributed by atoms with Crippen LogP contribution >= 0.6 is 0 Å². The van der Waals surface area contributed by atoms with Crippen molar-refractivity contribution in [3.63, 3.8) is 0 Å². The van der Waals surface area contributed by atoms with E-state index in [9.17, 15) is 22.8 Å². The van der Waals surface area contributed by atoms with Crippen LogP contribution in [-0.4, -0.2) is 58.0 Å². The molecule has 0 aromatic carbocycles. The molecule has 2 atom stereocenters. The van der Waals surface area contributed by atoms with Crippen LogP contribution in [0.15, 0.2) is 0 Å². The average Bonchev–Trinajstić information content (AvgIpc) is 2.27. The minimum absolute atomic E-state index is 0.239. The number of carbonyl (C=O) groups excluding carboxylic acids is 1. The molecule has 1 amide bonds. The summed E-state index contributed by atoms with van der Waals surface area (Å²) < 4.78 is 31.7. The number of hydrogen-bond donors (Lipinski definition) is 3. The molecule has 0 aliphatic carbocycles. The number of hydroxylamine groups is 2. The van der Waals surface area contributed by atoms with Gasteiger partial charge in [0.1, 0.15) is 6.04 Å². The molecule has 0 spiro atoms. The quantitative estimate of drug-likeness (QED) is 0.579. The summed E-state index contributed by atoms with van der Waals surface area (Å²) in [5.74, 6) is -4.24. The summed E-state index contributed by atoms with van der Waals surface area (Å²) in [6.45, 7) is 1.18. The van der Waals surface area contributed by atoms with E-state index in [0.29, 0.717) is 0 Å². The summed E-state index contributed by atoms with van der Waals surface area (Å²) in [6, 6.07) is -0.796. The lowest BCUT2D eigenvalue weighted by atomic mass is 10.0. The van der Waals surface area contributed by atoms with E-state index in [0.717, 1.165) is 5.06 Å². The van der Waals surface area contributed by atoms with Gasteiger partial charge in [-0.1, -0.05) is 0 Å². The molecule has 11 heteroatoms. The largest absolute Gasteiger partial charge is 0.490 e. The number of nitrogens with zero attached hydrogens (tertiary/aromatic N) is 1. The van der Waals surface area contributed by atoms with Gasteiger partial charge in [0.25, 0.3) is 5.91 Å². The molecular formula is C8H11F3N2O6. The summed E-state index contributed by atoms with van der Waals surface area (Å²) in [6.07, 6.45) is -5.08. The van der Waals surface area contributed by atoms with Gasteiger partial charge < -0.3 is 15.9 Å². The van der Waals surface area contributed by atoms with Crippen LogP contribution in [0.5, 0.6) is 0 Å². The van der Waals surface area contributed by atoms with E-state index in [4.69, 9.17) is 20.7 Å². The number of hydrogen-bond acceptors (Lipinski definition) is 5. The Hall–Kier alpha value is -1.88. The Bertz CT molecular complexity index is 372. The summed E-state index contributed by atoms with van der Waals surface area (Å²) in [7, 11) is 0. The summed E-state index contributed by atoms with van der Waals surface area (Å²) in [5, 5.41) is 16.3. The predicted molar refractivity (Wildman–Crippen MR) is 51.6 cm³/mol. The van der Waals surface area contributed by atoms with E-state index in [1.807, 2.05) is 0 Å². The summed E-state index contributed by atoms with van der Waals surface area (Å²) >= 11 is 0. The molecule has 1 rings (SSSR count). The van der Waals surface area contributed by atoms with Gasteiger partial charge in [-0.2, -0.15) is 13.2 Å². The molecule has 1 aliphatic heterocycles. The van der Waals surface area contributed by atoms with E-state index < -0.39 is 30.8 Å². The van der Waals surface area contributed by atoms with Gasteiger partial charge in [-0.05, 0) is 6.92 Å². The van der Waals surface area contributed by atoms with Crippen LogP contribution in [-0.2, 0) is 19.2 Å². The van der Waals surface area contributed by atoms with Crippen LogP contribution in [0.1, 0.15) is 6.92 Å². The van der Waals surface area contributed by atoms with Gasteiger partial charge in [-0.15, -0.1) is 0 Å². The first-order valence-electron chi connectivity index (χ1n) is 4.72. The molecule has 4 N–H and O–H groups in total. The fourth-order valence-electron chi connectivity index (χ4n) is 0.924. The molecule has 0 saturated carbocycles. The van der Waals surface area contributed by atoms with Crippen molar-refractivity contribution in [1.29, 1.82) is 0 Å². The highest BCUT2D eigenvalue weighted by atomic mass is 19.4. The average molecular weight is 288 g/mol. The minimum Gasteiger partial charge on any atom is -0.479 e. The zero-order valence-corrected chi connectivity index (χ0v) is 9.55. The predicted octanol–water partition coefficient (Wildman–Crippen LogP) is -0.806. The number of rotatable bonds is 3. The Kier molecular flexibility index (Phi) is 5.71. The maximum absolute atomic E-state index is 10.9. The van der Waals surface area contributed by atoms with Gasteiger partial charge in [-0.3, -0.25) is 9.63 Å². The fourth-order valence-corrected chi connectivity index (χ4v) is 0.924.